The van der Waals surface area contributed by atoms with Gasteiger partial charge in [-0.2, -0.15) is 0 Å². The SMILES string of the molecule is Cc1nc(CNC2CCCc3sccc32)oc1C. The smallest absolute Gasteiger partial charge is 0.208 e. The molecule has 0 aromatic carbocycles. The standard InChI is InChI=1S/C14H18N2OS/c1-9-10(2)17-14(16-9)8-15-12-4-3-5-13-11(12)6-7-18-13/h6-7,12,15H,3-5,8H2,1-2H3. The van der Waals surface area contributed by atoms with Crippen LogP contribution in [0.15, 0.2) is 15.9 Å². The normalized spacial score (nSPS) is 18.9. The van der Waals surface area contributed by atoms with Crippen molar-refractivity contribution in [1.82, 2.24) is 10.3 Å². The highest BCUT2D eigenvalue weighted by Gasteiger charge is 2.21. The van der Waals surface area contributed by atoms with E-state index in [1.54, 1.807) is 4.88 Å². The van der Waals surface area contributed by atoms with Gasteiger partial charge in [0.05, 0.1) is 12.2 Å². The van der Waals surface area contributed by atoms with Gasteiger partial charge in [0.2, 0.25) is 5.89 Å². The minimum absolute atomic E-state index is 0.465. The van der Waals surface area contributed by atoms with E-state index in [-0.39, 0.29) is 0 Å². The number of hydrogen-bond acceptors (Lipinski definition) is 4. The first-order valence-corrected chi connectivity index (χ1v) is 7.34. The molecule has 0 bridgehead atoms. The molecule has 0 radical (unpaired) electrons. The molecule has 2 aromatic rings. The van der Waals surface area contributed by atoms with Crippen molar-refractivity contribution in [1.29, 1.82) is 0 Å². The predicted molar refractivity (Wildman–Crippen MR) is 72.8 cm³/mol. The van der Waals surface area contributed by atoms with Crippen LogP contribution in [0.1, 0.15) is 46.7 Å². The maximum atomic E-state index is 5.60. The number of nitrogens with one attached hydrogen (secondary N) is 1. The number of fused-ring (bicyclic) bond motifs is 1. The molecule has 0 saturated carbocycles. The highest BCUT2D eigenvalue weighted by atomic mass is 32.1. The van der Waals surface area contributed by atoms with Gasteiger partial charge in [0.1, 0.15) is 5.76 Å². The lowest BCUT2D eigenvalue weighted by atomic mass is 9.94. The number of rotatable bonds is 3. The van der Waals surface area contributed by atoms with E-state index in [0.717, 1.165) is 17.3 Å². The summed E-state index contributed by atoms with van der Waals surface area (Å²) < 4.78 is 5.60. The summed E-state index contributed by atoms with van der Waals surface area (Å²) in [6.07, 6.45) is 3.72. The van der Waals surface area contributed by atoms with Crippen molar-refractivity contribution in [3.8, 4) is 0 Å². The van der Waals surface area contributed by atoms with E-state index in [1.807, 2.05) is 25.2 Å². The maximum absolute atomic E-state index is 5.60. The summed E-state index contributed by atoms with van der Waals surface area (Å²) in [6.45, 7) is 4.66. The topological polar surface area (TPSA) is 38.1 Å². The van der Waals surface area contributed by atoms with Crippen LogP contribution in [-0.4, -0.2) is 4.98 Å². The lowest BCUT2D eigenvalue weighted by molar-refractivity contribution is 0.402. The number of aromatic nitrogens is 1. The van der Waals surface area contributed by atoms with Crippen LogP contribution in [0.5, 0.6) is 0 Å². The van der Waals surface area contributed by atoms with E-state index in [1.165, 1.54) is 24.8 Å². The third kappa shape index (κ3) is 2.22. The molecule has 1 aliphatic carbocycles. The third-order valence-corrected chi connectivity index (χ3v) is 4.62. The Morgan fingerprint density at radius 2 is 2.39 bits per heavy atom. The molecule has 3 rings (SSSR count). The second kappa shape index (κ2) is 4.86. The van der Waals surface area contributed by atoms with Crippen LogP contribution in [0.25, 0.3) is 0 Å². The van der Waals surface area contributed by atoms with Crippen molar-refractivity contribution in [2.24, 2.45) is 0 Å². The van der Waals surface area contributed by atoms with Crippen LogP contribution in [-0.2, 0) is 13.0 Å². The number of aryl methyl sites for hydroxylation is 3. The summed E-state index contributed by atoms with van der Waals surface area (Å²) in [6, 6.07) is 2.72. The average molecular weight is 262 g/mol. The molecule has 3 nitrogen and oxygen atoms in total. The van der Waals surface area contributed by atoms with Crippen LogP contribution < -0.4 is 5.32 Å². The van der Waals surface area contributed by atoms with E-state index in [0.29, 0.717) is 12.6 Å². The second-order valence-electron chi connectivity index (χ2n) is 4.87. The van der Waals surface area contributed by atoms with E-state index >= 15 is 0 Å². The fourth-order valence-electron chi connectivity index (χ4n) is 2.52. The molecule has 0 fully saturated rings. The van der Waals surface area contributed by atoms with Gasteiger partial charge in [0, 0.05) is 10.9 Å². The molecule has 1 aliphatic rings. The Labute approximate surface area is 111 Å². The Hall–Kier alpha value is -1.13. The third-order valence-electron chi connectivity index (χ3n) is 3.62. The molecule has 1 N–H and O–H groups in total. The largest absolute Gasteiger partial charge is 0.444 e. The molecule has 0 saturated heterocycles. The zero-order chi connectivity index (χ0) is 12.5. The Morgan fingerprint density at radius 1 is 1.50 bits per heavy atom. The Kier molecular flexibility index (Phi) is 3.22. The monoisotopic (exact) mass is 262 g/mol. The maximum Gasteiger partial charge on any atom is 0.208 e. The van der Waals surface area contributed by atoms with E-state index in [2.05, 4.69) is 21.7 Å². The van der Waals surface area contributed by atoms with Gasteiger partial charge in [0.25, 0.3) is 0 Å². The molecule has 96 valence electrons. The van der Waals surface area contributed by atoms with Gasteiger partial charge >= 0.3 is 0 Å². The summed E-state index contributed by atoms with van der Waals surface area (Å²) in [5.74, 6) is 1.72. The van der Waals surface area contributed by atoms with Gasteiger partial charge in [-0.15, -0.1) is 11.3 Å². The second-order valence-corrected chi connectivity index (χ2v) is 5.87. The molecule has 0 amide bonds. The predicted octanol–water partition coefficient (Wildman–Crippen LogP) is 3.52. The van der Waals surface area contributed by atoms with Crippen LogP contribution in [0.2, 0.25) is 0 Å². The highest BCUT2D eigenvalue weighted by molar-refractivity contribution is 7.10. The summed E-state index contributed by atoms with van der Waals surface area (Å²) in [7, 11) is 0. The minimum Gasteiger partial charge on any atom is -0.444 e. The quantitative estimate of drug-likeness (QED) is 0.919. The number of hydrogen-bond donors (Lipinski definition) is 1. The van der Waals surface area contributed by atoms with Crippen LogP contribution in [0.3, 0.4) is 0 Å². The van der Waals surface area contributed by atoms with E-state index in [9.17, 15) is 0 Å². The lowest BCUT2D eigenvalue weighted by Gasteiger charge is -2.23. The summed E-state index contributed by atoms with van der Waals surface area (Å²) in [5.41, 5.74) is 2.47. The van der Waals surface area contributed by atoms with E-state index in [4.69, 9.17) is 4.42 Å². The average Bonchev–Trinajstić information content (AvgIpc) is 2.94. The fraction of sp³-hybridized carbons (Fsp3) is 0.500. The molecule has 18 heavy (non-hydrogen) atoms. The molecule has 0 spiro atoms. The summed E-state index contributed by atoms with van der Waals surface area (Å²) >= 11 is 1.88. The van der Waals surface area contributed by atoms with Crippen LogP contribution in [0, 0.1) is 13.8 Å². The van der Waals surface area contributed by atoms with Crippen molar-refractivity contribution in [2.45, 2.75) is 45.7 Å². The van der Waals surface area contributed by atoms with Crippen molar-refractivity contribution < 1.29 is 4.42 Å². The first kappa shape index (κ1) is 11.9. The van der Waals surface area contributed by atoms with Crippen LogP contribution >= 0.6 is 11.3 Å². The summed E-state index contributed by atoms with van der Waals surface area (Å²) in [4.78, 5) is 5.95. The molecular weight excluding hydrogens is 244 g/mol. The zero-order valence-electron chi connectivity index (χ0n) is 10.8. The van der Waals surface area contributed by atoms with Gasteiger partial charge in [0.15, 0.2) is 0 Å². The molecule has 1 unspecified atom stereocenters. The van der Waals surface area contributed by atoms with Crippen LogP contribution in [0.4, 0.5) is 0 Å². The Bertz CT molecular complexity index is 524. The van der Waals surface area contributed by atoms with Crippen molar-refractivity contribution in [3.63, 3.8) is 0 Å². The zero-order valence-corrected chi connectivity index (χ0v) is 11.6. The van der Waals surface area contributed by atoms with Gasteiger partial charge in [-0.05, 0) is 50.1 Å². The lowest BCUT2D eigenvalue weighted by Crippen LogP contribution is -2.24. The molecule has 1 atom stereocenters. The molecule has 0 aliphatic heterocycles. The van der Waals surface area contributed by atoms with Gasteiger partial charge in [-0.1, -0.05) is 0 Å². The molecule has 2 heterocycles. The Morgan fingerprint density at radius 3 is 3.17 bits per heavy atom. The van der Waals surface area contributed by atoms with Gasteiger partial charge in [-0.25, -0.2) is 4.98 Å². The minimum atomic E-state index is 0.465. The number of oxazole rings is 1. The number of thiophene rings is 1. The van der Waals surface area contributed by atoms with Crippen molar-refractivity contribution in [2.75, 3.05) is 0 Å². The van der Waals surface area contributed by atoms with Crippen molar-refractivity contribution >= 4 is 11.3 Å². The summed E-state index contributed by atoms with van der Waals surface area (Å²) in [5, 5.41) is 5.77. The highest BCUT2D eigenvalue weighted by Crippen LogP contribution is 2.33. The van der Waals surface area contributed by atoms with Crippen molar-refractivity contribution in [3.05, 3.63) is 39.2 Å². The van der Waals surface area contributed by atoms with Gasteiger partial charge in [-0.3, -0.25) is 0 Å². The van der Waals surface area contributed by atoms with Gasteiger partial charge < -0.3 is 9.73 Å². The molecule has 2 aromatic heterocycles. The number of nitrogens with zero attached hydrogens (tertiary/aromatic N) is 1. The Balaban J connectivity index is 1.68. The molecular formula is C14H18N2OS. The fourth-order valence-corrected chi connectivity index (χ4v) is 3.51. The van der Waals surface area contributed by atoms with E-state index < -0.39 is 0 Å². The molecule has 4 heteroatoms. The first-order valence-electron chi connectivity index (χ1n) is 6.46. The first-order chi connectivity index (χ1) is 8.74.